The van der Waals surface area contributed by atoms with Gasteiger partial charge in [-0.2, -0.15) is 0 Å². The maximum absolute atomic E-state index is 11.9. The number of hydrogen-bond donors (Lipinski definition) is 1. The maximum atomic E-state index is 11.9. The maximum Gasteiger partial charge on any atom is 0.223 e. The van der Waals surface area contributed by atoms with Crippen LogP contribution in [0.2, 0.25) is 0 Å². The number of hydrogen-bond acceptors (Lipinski definition) is 3. The summed E-state index contributed by atoms with van der Waals surface area (Å²) in [6.45, 7) is 6.37. The number of rotatable bonds is 5. The molecule has 0 saturated heterocycles. The first kappa shape index (κ1) is 17.7. The lowest BCUT2D eigenvalue weighted by molar-refractivity contribution is -0.116. The molecule has 1 aliphatic rings. The predicted molar refractivity (Wildman–Crippen MR) is 109 cm³/mol. The molecule has 1 aromatic heterocycles. The second-order valence-electron chi connectivity index (χ2n) is 7.18. The van der Waals surface area contributed by atoms with Crippen LogP contribution in [0.25, 0.3) is 11.0 Å². The van der Waals surface area contributed by atoms with Gasteiger partial charge in [-0.25, -0.2) is 4.98 Å². The van der Waals surface area contributed by atoms with E-state index in [2.05, 4.69) is 52.1 Å². The van der Waals surface area contributed by atoms with Gasteiger partial charge in [-0.15, -0.1) is 0 Å². The molecule has 0 bridgehead atoms. The van der Waals surface area contributed by atoms with Crippen LogP contribution in [0.5, 0.6) is 0 Å². The highest BCUT2D eigenvalue weighted by molar-refractivity contribution is 5.93. The lowest BCUT2D eigenvalue weighted by atomic mass is 9.96. The summed E-state index contributed by atoms with van der Waals surface area (Å²) in [6, 6.07) is 16.8. The molecular formula is C22H26N4O. The van der Waals surface area contributed by atoms with Crippen LogP contribution < -0.4 is 10.2 Å². The summed E-state index contributed by atoms with van der Waals surface area (Å²) in [6.07, 6.45) is 1.99. The quantitative estimate of drug-likeness (QED) is 0.702. The molecule has 0 spiro atoms. The van der Waals surface area contributed by atoms with Gasteiger partial charge in [0.25, 0.3) is 0 Å². The molecule has 27 heavy (non-hydrogen) atoms. The minimum atomic E-state index is 0.114. The molecule has 1 amide bonds. The van der Waals surface area contributed by atoms with Crippen molar-refractivity contribution >= 4 is 22.6 Å². The van der Waals surface area contributed by atoms with Gasteiger partial charge in [0.1, 0.15) is 5.82 Å². The summed E-state index contributed by atoms with van der Waals surface area (Å²) >= 11 is 0. The Hall–Kier alpha value is -2.66. The molecule has 5 nitrogen and oxygen atoms in total. The molecule has 140 valence electrons. The van der Waals surface area contributed by atoms with Crippen molar-refractivity contribution < 1.29 is 4.79 Å². The van der Waals surface area contributed by atoms with E-state index < -0.39 is 0 Å². The van der Waals surface area contributed by atoms with Crippen LogP contribution in [0.3, 0.4) is 0 Å². The molecule has 3 aromatic rings. The van der Waals surface area contributed by atoms with Gasteiger partial charge in [-0.3, -0.25) is 4.79 Å². The fraction of sp³-hybridized carbons (Fsp3) is 0.364. The lowest BCUT2D eigenvalue weighted by Gasteiger charge is -2.34. The SMILES string of the molecule is CC(=O)N1CCC(NCCCn2c(C)nc3ccccc32)c2ccccc21. The normalized spacial score (nSPS) is 16.5. The highest BCUT2D eigenvalue weighted by atomic mass is 16.2. The summed E-state index contributed by atoms with van der Waals surface area (Å²) in [7, 11) is 0. The monoisotopic (exact) mass is 362 g/mol. The first-order chi connectivity index (χ1) is 13.1. The van der Waals surface area contributed by atoms with Crippen molar-refractivity contribution in [3.63, 3.8) is 0 Å². The summed E-state index contributed by atoms with van der Waals surface area (Å²) in [4.78, 5) is 18.4. The second kappa shape index (κ2) is 7.53. The molecular weight excluding hydrogens is 336 g/mol. The van der Waals surface area contributed by atoms with E-state index in [0.717, 1.165) is 49.5 Å². The zero-order valence-corrected chi connectivity index (χ0v) is 16.0. The zero-order chi connectivity index (χ0) is 18.8. The number of aromatic nitrogens is 2. The molecule has 1 aliphatic heterocycles. The van der Waals surface area contributed by atoms with Crippen molar-refractivity contribution in [1.29, 1.82) is 0 Å². The van der Waals surface area contributed by atoms with Crippen molar-refractivity contribution in [2.24, 2.45) is 0 Å². The molecule has 1 unspecified atom stereocenters. The Morgan fingerprint density at radius 2 is 1.96 bits per heavy atom. The molecule has 2 heterocycles. The highest BCUT2D eigenvalue weighted by Gasteiger charge is 2.26. The Labute approximate surface area is 160 Å². The first-order valence-electron chi connectivity index (χ1n) is 9.67. The largest absolute Gasteiger partial charge is 0.328 e. The van der Waals surface area contributed by atoms with Crippen molar-refractivity contribution in [3.05, 3.63) is 59.9 Å². The average Bonchev–Trinajstić information content (AvgIpc) is 3.00. The Bertz CT molecular complexity index is 962. The Balaban J connectivity index is 1.40. The van der Waals surface area contributed by atoms with Gasteiger partial charge in [0.2, 0.25) is 5.91 Å². The van der Waals surface area contributed by atoms with E-state index in [0.29, 0.717) is 6.04 Å². The van der Waals surface area contributed by atoms with Gasteiger partial charge in [0, 0.05) is 31.7 Å². The van der Waals surface area contributed by atoms with E-state index in [-0.39, 0.29) is 5.91 Å². The Morgan fingerprint density at radius 3 is 2.81 bits per heavy atom. The number of carbonyl (C=O) groups excluding carboxylic acids is 1. The van der Waals surface area contributed by atoms with E-state index in [1.807, 2.05) is 23.1 Å². The van der Waals surface area contributed by atoms with E-state index >= 15 is 0 Å². The van der Waals surface area contributed by atoms with Crippen LogP contribution in [0, 0.1) is 6.92 Å². The number of aryl methyl sites for hydroxylation is 2. The fourth-order valence-electron chi connectivity index (χ4n) is 4.09. The third-order valence-electron chi connectivity index (χ3n) is 5.42. The van der Waals surface area contributed by atoms with E-state index in [1.165, 1.54) is 11.1 Å². The first-order valence-corrected chi connectivity index (χ1v) is 9.67. The second-order valence-corrected chi connectivity index (χ2v) is 7.18. The fourth-order valence-corrected chi connectivity index (χ4v) is 4.09. The molecule has 0 saturated carbocycles. The molecule has 0 radical (unpaired) electrons. The number of nitrogens with one attached hydrogen (secondary N) is 1. The lowest BCUT2D eigenvalue weighted by Crippen LogP contribution is -2.38. The van der Waals surface area contributed by atoms with Gasteiger partial charge < -0.3 is 14.8 Å². The molecule has 0 aliphatic carbocycles. The summed E-state index contributed by atoms with van der Waals surface area (Å²) in [5, 5.41) is 3.70. The van der Waals surface area contributed by atoms with Crippen LogP contribution in [-0.2, 0) is 11.3 Å². The van der Waals surface area contributed by atoms with Crippen LogP contribution in [-0.4, -0.2) is 28.5 Å². The van der Waals surface area contributed by atoms with Crippen LogP contribution in [0.1, 0.15) is 37.2 Å². The standard InChI is InChI=1S/C22H26N4O/c1-16-24-20-9-4-6-11-22(20)25(16)14-7-13-23-19-12-15-26(17(2)27)21-10-5-3-8-18(19)21/h3-6,8-11,19,23H,7,12-15H2,1-2H3. The number of carbonyl (C=O) groups is 1. The van der Waals surface area contributed by atoms with E-state index in [1.54, 1.807) is 6.92 Å². The molecule has 0 fully saturated rings. The number of anilines is 1. The summed E-state index contributed by atoms with van der Waals surface area (Å²) in [5.41, 5.74) is 4.54. The summed E-state index contributed by atoms with van der Waals surface area (Å²) < 4.78 is 2.29. The third kappa shape index (κ3) is 3.47. The number of benzene rings is 2. The minimum Gasteiger partial charge on any atom is -0.328 e. The van der Waals surface area contributed by atoms with E-state index in [4.69, 9.17) is 0 Å². The predicted octanol–water partition coefficient (Wildman–Crippen LogP) is 3.82. The van der Waals surface area contributed by atoms with Crippen molar-refractivity contribution in [1.82, 2.24) is 14.9 Å². The molecule has 4 rings (SSSR count). The van der Waals surface area contributed by atoms with Crippen LogP contribution >= 0.6 is 0 Å². The topological polar surface area (TPSA) is 50.2 Å². The number of amides is 1. The average molecular weight is 362 g/mol. The van der Waals surface area contributed by atoms with Gasteiger partial charge in [-0.1, -0.05) is 30.3 Å². The number of nitrogens with zero attached hydrogens (tertiary/aromatic N) is 3. The van der Waals surface area contributed by atoms with Gasteiger partial charge in [0.15, 0.2) is 0 Å². The summed E-state index contributed by atoms with van der Waals surface area (Å²) in [5.74, 6) is 1.18. The van der Waals surface area contributed by atoms with Crippen LogP contribution in [0.15, 0.2) is 48.5 Å². The minimum absolute atomic E-state index is 0.114. The van der Waals surface area contributed by atoms with Gasteiger partial charge in [0.05, 0.1) is 11.0 Å². The smallest absolute Gasteiger partial charge is 0.223 e. The van der Waals surface area contributed by atoms with Crippen molar-refractivity contribution in [2.45, 2.75) is 39.3 Å². The molecule has 1 atom stereocenters. The van der Waals surface area contributed by atoms with E-state index in [9.17, 15) is 4.79 Å². The van der Waals surface area contributed by atoms with Gasteiger partial charge in [-0.05, 0) is 50.1 Å². The molecule has 1 N–H and O–H groups in total. The van der Waals surface area contributed by atoms with Crippen molar-refractivity contribution in [2.75, 3.05) is 18.0 Å². The molecule has 5 heteroatoms. The van der Waals surface area contributed by atoms with Gasteiger partial charge >= 0.3 is 0 Å². The molecule has 2 aromatic carbocycles. The highest BCUT2D eigenvalue weighted by Crippen LogP contribution is 2.33. The van der Waals surface area contributed by atoms with Crippen LogP contribution in [0.4, 0.5) is 5.69 Å². The third-order valence-corrected chi connectivity index (χ3v) is 5.42. The zero-order valence-electron chi connectivity index (χ0n) is 16.0. The Morgan fingerprint density at radius 1 is 1.19 bits per heavy atom. The number of fused-ring (bicyclic) bond motifs is 2. The number of para-hydroxylation sites is 3. The van der Waals surface area contributed by atoms with Crippen molar-refractivity contribution in [3.8, 4) is 0 Å². The number of imidazole rings is 1. The Kier molecular flexibility index (Phi) is 4.94.